The van der Waals surface area contributed by atoms with E-state index in [9.17, 15) is 14.0 Å². The maximum Gasteiger partial charge on any atom is 0.234 e. The number of halogens is 4. The Balaban J connectivity index is 1.59. The summed E-state index contributed by atoms with van der Waals surface area (Å²) in [5.74, 6) is -0.772. The number of hydrogen-bond donors (Lipinski definition) is 2. The van der Waals surface area contributed by atoms with Crippen LogP contribution in [0.4, 0.5) is 15.8 Å². The van der Waals surface area contributed by atoms with Crippen LogP contribution in [0.1, 0.15) is 12.7 Å². The van der Waals surface area contributed by atoms with Crippen molar-refractivity contribution in [1.29, 1.82) is 0 Å². The zero-order valence-electron chi connectivity index (χ0n) is 16.7. The molecule has 1 heterocycles. The predicted molar refractivity (Wildman–Crippen MR) is 128 cm³/mol. The van der Waals surface area contributed by atoms with Crippen molar-refractivity contribution in [1.82, 2.24) is 14.8 Å². The number of hydrogen-bond acceptors (Lipinski definition) is 5. The fourth-order valence-electron chi connectivity index (χ4n) is 2.70. The van der Waals surface area contributed by atoms with Gasteiger partial charge in [-0.1, -0.05) is 50.9 Å². The van der Waals surface area contributed by atoms with E-state index in [2.05, 4.69) is 36.8 Å². The van der Waals surface area contributed by atoms with Gasteiger partial charge in [-0.2, -0.15) is 0 Å². The van der Waals surface area contributed by atoms with E-state index in [0.717, 1.165) is 11.8 Å². The standard InChI is InChI=1S/C20H17BrCl2FN5O2S/c1-2-29-17(9-18(30)25-12-4-5-13(22)14(23)8-12)27-28-20(29)32-10-19(31)26-16-6-3-11(21)7-15(16)24/h3-8H,2,9-10H2,1H3,(H,25,30)(H,26,31). The third-order valence-corrected chi connectivity index (χ3v) is 6.37. The van der Waals surface area contributed by atoms with Crippen molar-refractivity contribution in [3.05, 3.63) is 62.6 Å². The molecule has 2 amide bonds. The molecule has 0 aliphatic rings. The Hall–Kier alpha value is -2.14. The molecule has 0 bridgehead atoms. The summed E-state index contributed by atoms with van der Waals surface area (Å²) in [5.41, 5.74) is 0.605. The van der Waals surface area contributed by atoms with Crippen molar-refractivity contribution < 1.29 is 14.0 Å². The maximum absolute atomic E-state index is 13.9. The normalized spacial score (nSPS) is 10.8. The van der Waals surface area contributed by atoms with Crippen LogP contribution in [-0.2, 0) is 22.6 Å². The highest BCUT2D eigenvalue weighted by atomic mass is 79.9. The van der Waals surface area contributed by atoms with Crippen LogP contribution in [0.2, 0.25) is 10.0 Å². The molecule has 0 aliphatic carbocycles. The average molecular weight is 561 g/mol. The van der Waals surface area contributed by atoms with Gasteiger partial charge in [0.1, 0.15) is 11.6 Å². The molecule has 0 spiro atoms. The molecule has 0 aliphatic heterocycles. The Morgan fingerprint density at radius 2 is 1.88 bits per heavy atom. The molecule has 168 valence electrons. The molecule has 0 radical (unpaired) electrons. The molecule has 1 aromatic heterocycles. The van der Waals surface area contributed by atoms with Gasteiger partial charge in [0, 0.05) is 16.7 Å². The van der Waals surface area contributed by atoms with Crippen LogP contribution in [0, 0.1) is 5.82 Å². The van der Waals surface area contributed by atoms with Gasteiger partial charge in [-0.05, 0) is 43.3 Å². The zero-order chi connectivity index (χ0) is 23.3. The Labute approximate surface area is 206 Å². The molecule has 12 heteroatoms. The van der Waals surface area contributed by atoms with Crippen molar-refractivity contribution >= 4 is 74.1 Å². The van der Waals surface area contributed by atoms with E-state index in [1.165, 1.54) is 12.1 Å². The summed E-state index contributed by atoms with van der Waals surface area (Å²) in [7, 11) is 0. The molecule has 2 N–H and O–H groups in total. The SMILES string of the molecule is CCn1c(CC(=O)Nc2ccc(Cl)c(Cl)c2)nnc1SCC(=O)Nc1ccc(Br)cc1F. The molecule has 2 aromatic carbocycles. The molecule has 7 nitrogen and oxygen atoms in total. The second-order valence-electron chi connectivity index (χ2n) is 6.46. The molecule has 3 aromatic rings. The second-order valence-corrected chi connectivity index (χ2v) is 9.13. The van der Waals surface area contributed by atoms with Gasteiger partial charge in [0.15, 0.2) is 5.16 Å². The first-order valence-electron chi connectivity index (χ1n) is 9.31. The quantitative estimate of drug-likeness (QED) is 0.359. The number of nitrogens with zero attached hydrogens (tertiary/aromatic N) is 3. The van der Waals surface area contributed by atoms with Gasteiger partial charge in [-0.25, -0.2) is 4.39 Å². The highest BCUT2D eigenvalue weighted by molar-refractivity contribution is 9.10. The lowest BCUT2D eigenvalue weighted by molar-refractivity contribution is -0.116. The third-order valence-electron chi connectivity index (χ3n) is 4.17. The van der Waals surface area contributed by atoms with E-state index in [-0.39, 0.29) is 29.7 Å². The summed E-state index contributed by atoms with van der Waals surface area (Å²) >= 11 is 16.2. The second kappa shape index (κ2) is 11.1. The van der Waals surface area contributed by atoms with Crippen molar-refractivity contribution in [2.45, 2.75) is 25.0 Å². The number of carbonyl (C=O) groups excluding carboxylic acids is 2. The van der Waals surface area contributed by atoms with Gasteiger partial charge in [0.25, 0.3) is 0 Å². The van der Waals surface area contributed by atoms with Crippen LogP contribution in [0.15, 0.2) is 46.0 Å². The Bertz CT molecular complexity index is 1160. The molecular formula is C20H17BrCl2FN5O2S. The fourth-order valence-corrected chi connectivity index (χ4v) is 4.16. The first kappa shape index (κ1) is 24.5. The predicted octanol–water partition coefficient (Wildman–Crippen LogP) is 5.42. The topological polar surface area (TPSA) is 88.9 Å². The van der Waals surface area contributed by atoms with Gasteiger partial charge < -0.3 is 15.2 Å². The lowest BCUT2D eigenvalue weighted by Gasteiger charge is -2.09. The number of anilines is 2. The Morgan fingerprint density at radius 1 is 1.09 bits per heavy atom. The van der Waals surface area contributed by atoms with Gasteiger partial charge >= 0.3 is 0 Å². The number of nitrogens with one attached hydrogen (secondary N) is 2. The molecule has 0 fully saturated rings. The van der Waals surface area contributed by atoms with Gasteiger partial charge in [-0.3, -0.25) is 9.59 Å². The van der Waals surface area contributed by atoms with Crippen LogP contribution in [0.5, 0.6) is 0 Å². The highest BCUT2D eigenvalue weighted by Crippen LogP contribution is 2.25. The summed E-state index contributed by atoms with van der Waals surface area (Å²) in [6.45, 7) is 2.39. The minimum absolute atomic E-state index is 0.00308. The summed E-state index contributed by atoms with van der Waals surface area (Å²) in [6, 6.07) is 9.17. The van der Waals surface area contributed by atoms with E-state index in [4.69, 9.17) is 23.2 Å². The van der Waals surface area contributed by atoms with Crippen LogP contribution < -0.4 is 10.6 Å². The Morgan fingerprint density at radius 3 is 2.56 bits per heavy atom. The number of benzene rings is 2. The van der Waals surface area contributed by atoms with Crippen LogP contribution >= 0.6 is 50.9 Å². The molecule has 0 atom stereocenters. The Kier molecular flexibility index (Phi) is 8.52. The van der Waals surface area contributed by atoms with Gasteiger partial charge in [-0.15, -0.1) is 10.2 Å². The molecule has 32 heavy (non-hydrogen) atoms. The number of amides is 2. The summed E-state index contributed by atoms with van der Waals surface area (Å²) in [5, 5.41) is 14.6. The van der Waals surface area contributed by atoms with E-state index in [0.29, 0.717) is 37.7 Å². The maximum atomic E-state index is 13.9. The van der Waals surface area contributed by atoms with E-state index < -0.39 is 5.82 Å². The molecule has 3 rings (SSSR count). The summed E-state index contributed by atoms with van der Waals surface area (Å²) in [6.07, 6.45) is -0.0159. The number of rotatable bonds is 8. The zero-order valence-corrected chi connectivity index (χ0v) is 20.6. The van der Waals surface area contributed by atoms with Crippen LogP contribution in [-0.4, -0.2) is 32.3 Å². The highest BCUT2D eigenvalue weighted by Gasteiger charge is 2.17. The van der Waals surface area contributed by atoms with Crippen molar-refractivity contribution in [2.24, 2.45) is 0 Å². The largest absolute Gasteiger partial charge is 0.326 e. The van der Waals surface area contributed by atoms with Gasteiger partial charge in [0.05, 0.1) is 27.9 Å². The smallest absolute Gasteiger partial charge is 0.234 e. The fraction of sp³-hybridized carbons (Fsp3) is 0.200. The lowest BCUT2D eigenvalue weighted by atomic mass is 10.3. The van der Waals surface area contributed by atoms with E-state index in [1.807, 2.05) is 6.92 Å². The van der Waals surface area contributed by atoms with Crippen LogP contribution in [0.25, 0.3) is 0 Å². The molecular weight excluding hydrogens is 544 g/mol. The molecule has 0 unspecified atom stereocenters. The minimum atomic E-state index is -0.537. The number of aromatic nitrogens is 3. The van der Waals surface area contributed by atoms with Crippen LogP contribution in [0.3, 0.4) is 0 Å². The first-order chi connectivity index (χ1) is 15.3. The summed E-state index contributed by atoms with van der Waals surface area (Å²) < 4.78 is 16.2. The average Bonchev–Trinajstić information content (AvgIpc) is 3.12. The van der Waals surface area contributed by atoms with Crippen molar-refractivity contribution in [3.8, 4) is 0 Å². The molecule has 0 saturated carbocycles. The monoisotopic (exact) mass is 559 g/mol. The number of carbonyl (C=O) groups is 2. The minimum Gasteiger partial charge on any atom is -0.326 e. The lowest BCUT2D eigenvalue weighted by Crippen LogP contribution is -2.18. The van der Waals surface area contributed by atoms with Crippen molar-refractivity contribution in [3.63, 3.8) is 0 Å². The van der Waals surface area contributed by atoms with E-state index in [1.54, 1.807) is 28.8 Å². The van der Waals surface area contributed by atoms with Gasteiger partial charge in [0.2, 0.25) is 11.8 Å². The summed E-state index contributed by atoms with van der Waals surface area (Å²) in [4.78, 5) is 24.6. The van der Waals surface area contributed by atoms with E-state index >= 15 is 0 Å². The third kappa shape index (κ3) is 6.44. The molecule has 0 saturated heterocycles. The first-order valence-corrected chi connectivity index (χ1v) is 11.8. The van der Waals surface area contributed by atoms with Crippen molar-refractivity contribution in [2.75, 3.05) is 16.4 Å². The number of thioether (sulfide) groups is 1.